The van der Waals surface area contributed by atoms with Crippen molar-refractivity contribution in [3.63, 3.8) is 0 Å². The van der Waals surface area contributed by atoms with Crippen LogP contribution in [0.5, 0.6) is 0 Å². The van der Waals surface area contributed by atoms with Crippen molar-refractivity contribution in [2.45, 2.75) is 58.1 Å². The molecule has 4 N–H and O–H groups in total. The van der Waals surface area contributed by atoms with E-state index in [0.29, 0.717) is 12.8 Å². The zero-order valence-electron chi connectivity index (χ0n) is 17.0. The summed E-state index contributed by atoms with van der Waals surface area (Å²) in [6, 6.07) is 3.71. The molecule has 1 aromatic carbocycles. The van der Waals surface area contributed by atoms with Gasteiger partial charge in [-0.3, -0.25) is 19.7 Å². The van der Waals surface area contributed by atoms with Crippen molar-refractivity contribution >= 4 is 30.1 Å². The smallest absolute Gasteiger partial charge is 0.481 e. The number of aliphatic carboxylic acids is 1. The monoisotopic (exact) mass is 410 g/mol. The van der Waals surface area contributed by atoms with Crippen molar-refractivity contribution in [1.82, 2.24) is 5.32 Å². The average molecular weight is 410 g/mol. The Bertz CT molecular complexity index is 768. The topological polar surface area (TPSA) is 159 Å². The highest BCUT2D eigenvalue weighted by molar-refractivity contribution is 6.60. The van der Waals surface area contributed by atoms with Crippen LogP contribution in [-0.2, 0) is 9.53 Å². The van der Waals surface area contributed by atoms with Gasteiger partial charge in [0.25, 0.3) is 11.6 Å². The normalized spacial score (nSPS) is 13.4. The van der Waals surface area contributed by atoms with E-state index in [9.17, 15) is 29.8 Å². The summed E-state index contributed by atoms with van der Waals surface area (Å²) in [6.07, 6.45) is 0.664. The van der Waals surface area contributed by atoms with Crippen molar-refractivity contribution < 1.29 is 34.4 Å². The molecule has 0 aliphatic heterocycles. The van der Waals surface area contributed by atoms with Crippen molar-refractivity contribution in [3.8, 4) is 0 Å². The fraction of sp³-hybridized carbons (Fsp3) is 0.556. The summed E-state index contributed by atoms with van der Waals surface area (Å²) in [5.74, 6) is -1.71. The molecular weight excluding hydrogens is 383 g/mol. The number of rotatable bonds is 11. The molecule has 0 heterocycles. The van der Waals surface area contributed by atoms with Gasteiger partial charge < -0.3 is 25.2 Å². The third kappa shape index (κ3) is 7.11. The molecule has 0 saturated heterocycles. The number of ether oxygens (including phenoxy) is 1. The molecule has 1 unspecified atom stereocenters. The maximum Gasteiger partial charge on any atom is 0.495 e. The molecule has 0 saturated carbocycles. The molecule has 1 rings (SSSR count). The number of nitrogens with one attached hydrogen (secondary N) is 1. The number of nitro groups is 1. The van der Waals surface area contributed by atoms with Crippen molar-refractivity contribution in [1.29, 1.82) is 0 Å². The highest BCUT2D eigenvalue weighted by Gasteiger charge is 2.32. The number of nitrogens with zero attached hydrogens (tertiary/aromatic N) is 1. The minimum absolute atomic E-state index is 0.154. The van der Waals surface area contributed by atoms with E-state index in [4.69, 9.17) is 9.84 Å². The van der Waals surface area contributed by atoms with Gasteiger partial charge in [0, 0.05) is 12.1 Å². The van der Waals surface area contributed by atoms with Gasteiger partial charge in [0.15, 0.2) is 0 Å². The maximum absolute atomic E-state index is 12.6. The number of hydrogen-bond acceptors (Lipinski definition) is 7. The van der Waals surface area contributed by atoms with Gasteiger partial charge in [0.2, 0.25) is 0 Å². The molecule has 0 spiro atoms. The van der Waals surface area contributed by atoms with E-state index in [-0.39, 0.29) is 24.1 Å². The molecule has 0 radical (unpaired) electrons. The molecule has 0 aliphatic carbocycles. The Labute approximate surface area is 169 Å². The number of carbonyl (C=O) groups excluding carboxylic acids is 1. The second kappa shape index (κ2) is 9.81. The summed E-state index contributed by atoms with van der Waals surface area (Å²) in [4.78, 5) is 34.1. The highest BCUT2D eigenvalue weighted by Crippen LogP contribution is 2.22. The van der Waals surface area contributed by atoms with E-state index in [2.05, 4.69) is 5.32 Å². The molecule has 11 heteroatoms. The maximum atomic E-state index is 12.6. The molecule has 1 atom stereocenters. The summed E-state index contributed by atoms with van der Waals surface area (Å²) < 4.78 is 5.72. The third-order valence-electron chi connectivity index (χ3n) is 4.68. The molecule has 0 aromatic heterocycles. The quantitative estimate of drug-likeness (QED) is 0.237. The van der Waals surface area contributed by atoms with E-state index in [1.54, 1.807) is 20.8 Å². The number of para-hydroxylation sites is 1. The number of nitro benzene ring substituents is 1. The van der Waals surface area contributed by atoms with Crippen LogP contribution in [0.3, 0.4) is 0 Å². The van der Waals surface area contributed by atoms with Crippen molar-refractivity contribution in [3.05, 3.63) is 33.9 Å². The number of carboxylic acid groups (broad SMARTS) is 1. The van der Waals surface area contributed by atoms with E-state index < -0.39 is 40.7 Å². The first-order valence-electron chi connectivity index (χ1n) is 9.13. The molecule has 160 valence electrons. The van der Waals surface area contributed by atoms with Gasteiger partial charge in [-0.05, 0) is 39.7 Å². The molecule has 1 aromatic rings. The number of amides is 1. The predicted molar refractivity (Wildman–Crippen MR) is 106 cm³/mol. The Kier molecular flexibility index (Phi) is 8.31. The average Bonchev–Trinajstić information content (AvgIpc) is 2.59. The summed E-state index contributed by atoms with van der Waals surface area (Å²) in [6.45, 7) is 7.08. The molecule has 29 heavy (non-hydrogen) atoms. The molecule has 0 bridgehead atoms. The molecule has 0 fully saturated rings. The van der Waals surface area contributed by atoms with E-state index in [0.717, 1.165) is 6.07 Å². The predicted octanol–water partition coefficient (Wildman–Crippen LogP) is 0.833. The van der Waals surface area contributed by atoms with Gasteiger partial charge in [-0.2, -0.15) is 0 Å². The van der Waals surface area contributed by atoms with Gasteiger partial charge in [-0.1, -0.05) is 19.1 Å². The van der Waals surface area contributed by atoms with Gasteiger partial charge in [0.1, 0.15) is 5.56 Å². The number of carboxylic acids is 1. The minimum Gasteiger partial charge on any atom is -0.481 e. The van der Waals surface area contributed by atoms with Gasteiger partial charge in [-0.25, -0.2) is 0 Å². The van der Waals surface area contributed by atoms with Crippen LogP contribution in [-0.4, -0.2) is 56.8 Å². The van der Waals surface area contributed by atoms with Crippen molar-refractivity contribution in [2.24, 2.45) is 0 Å². The Hall–Kier alpha value is -2.50. The van der Waals surface area contributed by atoms with Gasteiger partial charge in [-0.15, -0.1) is 0 Å². The Morgan fingerprint density at radius 1 is 1.28 bits per heavy atom. The zero-order valence-corrected chi connectivity index (χ0v) is 17.0. The fourth-order valence-electron chi connectivity index (χ4n) is 2.74. The number of carbonyl (C=O) groups is 2. The first-order chi connectivity index (χ1) is 13.3. The highest BCUT2D eigenvalue weighted by atomic mass is 16.6. The van der Waals surface area contributed by atoms with Crippen LogP contribution in [0.2, 0.25) is 0 Å². The molecule has 0 aliphatic rings. The van der Waals surface area contributed by atoms with Crippen LogP contribution in [0.1, 0.15) is 57.3 Å². The van der Waals surface area contributed by atoms with E-state index in [1.807, 2.05) is 6.92 Å². The lowest BCUT2D eigenvalue weighted by molar-refractivity contribution is -0.384. The van der Waals surface area contributed by atoms with Crippen LogP contribution < -0.4 is 10.8 Å². The number of hydrogen-bond donors (Lipinski definition) is 4. The fourth-order valence-corrected chi connectivity index (χ4v) is 2.74. The molecular formula is C18H27BN2O8. The lowest BCUT2D eigenvalue weighted by Gasteiger charge is -2.31. The molecule has 1 amide bonds. The van der Waals surface area contributed by atoms with Crippen LogP contribution in [0, 0.1) is 10.1 Å². The summed E-state index contributed by atoms with van der Waals surface area (Å²) >= 11 is 0. The SMILES string of the molecule is CCC(C)(CC(=O)O)OCCC(C)(C)NC(=O)c1cccc(B(O)O)c1[N+](=O)[O-]. The third-order valence-corrected chi connectivity index (χ3v) is 4.68. The Morgan fingerprint density at radius 2 is 1.90 bits per heavy atom. The van der Waals surface area contributed by atoms with E-state index >= 15 is 0 Å². The summed E-state index contributed by atoms with van der Waals surface area (Å²) in [5.41, 5.74) is -3.01. The number of benzene rings is 1. The first kappa shape index (κ1) is 24.5. The molecule has 10 nitrogen and oxygen atoms in total. The largest absolute Gasteiger partial charge is 0.495 e. The lowest BCUT2D eigenvalue weighted by atomic mass is 9.78. The van der Waals surface area contributed by atoms with Crippen molar-refractivity contribution in [2.75, 3.05) is 6.61 Å². The van der Waals surface area contributed by atoms with Gasteiger partial charge >= 0.3 is 13.1 Å². The minimum atomic E-state index is -2.09. The standard InChI is InChI=1S/C18H27BN2O8/c1-5-18(4,11-14(22)23)29-10-9-17(2,3)20-16(24)12-7-6-8-13(19(25)26)15(12)21(27)28/h6-8,25-26H,5,9-11H2,1-4H3,(H,20,24)(H,22,23). The second-order valence-corrected chi connectivity index (χ2v) is 7.68. The van der Waals surface area contributed by atoms with Crippen LogP contribution in [0.15, 0.2) is 18.2 Å². The van der Waals surface area contributed by atoms with Gasteiger partial charge in [0.05, 0.1) is 22.4 Å². The summed E-state index contributed by atoms with van der Waals surface area (Å²) in [7, 11) is -2.09. The Balaban J connectivity index is 2.89. The Morgan fingerprint density at radius 3 is 2.38 bits per heavy atom. The first-order valence-corrected chi connectivity index (χ1v) is 9.13. The van der Waals surface area contributed by atoms with Crippen LogP contribution >= 0.6 is 0 Å². The second-order valence-electron chi connectivity index (χ2n) is 7.68. The van der Waals surface area contributed by atoms with Crippen LogP contribution in [0.4, 0.5) is 5.69 Å². The van der Waals surface area contributed by atoms with Crippen LogP contribution in [0.25, 0.3) is 0 Å². The lowest BCUT2D eigenvalue weighted by Crippen LogP contribution is -2.45. The summed E-state index contributed by atoms with van der Waals surface area (Å²) in [5, 5.41) is 41.7. The van der Waals surface area contributed by atoms with E-state index in [1.165, 1.54) is 12.1 Å². The zero-order chi connectivity index (χ0) is 22.4.